The van der Waals surface area contributed by atoms with E-state index in [-0.39, 0.29) is 21.1 Å². The minimum absolute atomic E-state index is 0. The van der Waals surface area contributed by atoms with Crippen LogP contribution in [0.4, 0.5) is 0 Å². The Morgan fingerprint density at radius 1 is 0.684 bits per heavy atom. The Labute approximate surface area is 231 Å². The van der Waals surface area contributed by atoms with Crippen LogP contribution in [0.25, 0.3) is 60.5 Å². The molecule has 0 N–H and O–H groups in total. The fourth-order valence-electron chi connectivity index (χ4n) is 5.14. The van der Waals surface area contributed by atoms with Crippen molar-refractivity contribution in [2.75, 3.05) is 0 Å². The summed E-state index contributed by atoms with van der Waals surface area (Å²) >= 11 is 0. The number of hydrogen-bond donors (Lipinski definition) is 0. The van der Waals surface area contributed by atoms with Gasteiger partial charge in [0.2, 0.25) is 0 Å². The number of nitrogens with zero attached hydrogens (tertiary/aromatic N) is 3. The fourth-order valence-corrected chi connectivity index (χ4v) is 5.14. The third-order valence-electron chi connectivity index (χ3n) is 6.74. The molecule has 0 spiro atoms. The van der Waals surface area contributed by atoms with E-state index in [0.717, 1.165) is 60.5 Å². The molecule has 0 unspecified atom stereocenters. The largest absolute Gasteiger partial charge is 2.00 e. The number of furan rings is 1. The van der Waals surface area contributed by atoms with Crippen LogP contribution in [0.15, 0.2) is 108 Å². The number of hydrogen-bond acceptors (Lipinski definition) is 4. The van der Waals surface area contributed by atoms with Crippen molar-refractivity contribution in [3.8, 4) is 17.3 Å². The van der Waals surface area contributed by atoms with Crippen LogP contribution < -0.4 is 4.74 Å². The van der Waals surface area contributed by atoms with Crippen LogP contribution in [-0.2, 0) is 21.1 Å². The molecule has 0 saturated heterocycles. The Bertz CT molecular complexity index is 2130. The first-order valence-corrected chi connectivity index (χ1v) is 12.0. The van der Waals surface area contributed by atoms with Crippen molar-refractivity contribution >= 4 is 54.6 Å². The second-order valence-corrected chi connectivity index (χ2v) is 8.91. The second kappa shape index (κ2) is 8.83. The van der Waals surface area contributed by atoms with Crippen molar-refractivity contribution < 1.29 is 30.2 Å². The summed E-state index contributed by atoms with van der Waals surface area (Å²) in [5, 5.41) is 5.13. The Kier molecular flexibility index (Phi) is 5.27. The third-order valence-corrected chi connectivity index (χ3v) is 6.74. The van der Waals surface area contributed by atoms with E-state index in [4.69, 9.17) is 9.15 Å². The van der Waals surface area contributed by atoms with E-state index in [1.54, 1.807) is 12.4 Å². The number of aromatic nitrogens is 3. The average Bonchev–Trinajstić information content (AvgIpc) is 3.49. The molecule has 8 aromatic rings. The number of fused-ring (bicyclic) bond motifs is 8. The van der Waals surface area contributed by atoms with Crippen molar-refractivity contribution in [3.63, 3.8) is 0 Å². The minimum Gasteiger partial charge on any atom is -0.503 e. The normalized spacial score (nSPS) is 11.5. The maximum Gasteiger partial charge on any atom is 2.00 e. The maximum absolute atomic E-state index is 6.32. The molecule has 0 aliphatic rings. The molecule has 38 heavy (non-hydrogen) atoms. The molecule has 4 aromatic carbocycles. The zero-order valence-corrected chi connectivity index (χ0v) is 22.1. The van der Waals surface area contributed by atoms with Gasteiger partial charge in [0.05, 0.1) is 11.1 Å². The third kappa shape index (κ3) is 3.43. The molecular formula is C32H17N3O2Pt. The van der Waals surface area contributed by atoms with Crippen LogP contribution in [0.3, 0.4) is 0 Å². The van der Waals surface area contributed by atoms with Gasteiger partial charge < -0.3 is 13.7 Å². The predicted octanol–water partition coefficient (Wildman–Crippen LogP) is 8.02. The SMILES string of the molecule is [Pt+2].[c-]1c(Oc2[c-]c3c(cc2)c2ccccc2n3-c2ccccn2)ccc2ccc3oc4cccnc4c3c12. The van der Waals surface area contributed by atoms with Gasteiger partial charge in [0, 0.05) is 29.4 Å². The van der Waals surface area contributed by atoms with Gasteiger partial charge in [0.15, 0.2) is 0 Å². The smallest absolute Gasteiger partial charge is 0.503 e. The Morgan fingerprint density at radius 2 is 1.50 bits per heavy atom. The molecule has 0 amide bonds. The van der Waals surface area contributed by atoms with Gasteiger partial charge in [-0.2, -0.15) is 6.07 Å². The van der Waals surface area contributed by atoms with Gasteiger partial charge >= 0.3 is 21.1 Å². The first-order chi connectivity index (χ1) is 18.3. The molecular weight excluding hydrogens is 653 g/mol. The second-order valence-electron chi connectivity index (χ2n) is 8.91. The van der Waals surface area contributed by atoms with Gasteiger partial charge in [0.1, 0.15) is 11.4 Å². The molecule has 0 radical (unpaired) electrons. The van der Waals surface area contributed by atoms with Crippen LogP contribution in [0.2, 0.25) is 0 Å². The molecule has 0 fully saturated rings. The van der Waals surface area contributed by atoms with Crippen molar-refractivity contribution in [1.29, 1.82) is 0 Å². The van der Waals surface area contributed by atoms with Gasteiger partial charge in [-0.05, 0) is 47.2 Å². The minimum atomic E-state index is 0. The summed E-state index contributed by atoms with van der Waals surface area (Å²) in [5.74, 6) is 2.04. The fraction of sp³-hybridized carbons (Fsp3) is 0. The van der Waals surface area contributed by atoms with Crippen LogP contribution >= 0.6 is 0 Å². The number of benzene rings is 4. The van der Waals surface area contributed by atoms with Crippen LogP contribution in [0.1, 0.15) is 0 Å². The number of para-hydroxylation sites is 1. The zero-order chi connectivity index (χ0) is 24.3. The summed E-state index contributed by atoms with van der Waals surface area (Å²) in [6.07, 6.45) is 3.58. The summed E-state index contributed by atoms with van der Waals surface area (Å²) in [5.41, 5.74) is 4.34. The van der Waals surface area contributed by atoms with E-state index < -0.39 is 0 Å². The predicted molar refractivity (Wildman–Crippen MR) is 145 cm³/mol. The number of ether oxygens (including phenoxy) is 1. The van der Waals surface area contributed by atoms with Crippen LogP contribution in [0.5, 0.6) is 11.5 Å². The molecule has 8 rings (SSSR count). The molecule has 4 aromatic heterocycles. The Balaban J connectivity index is 0.00000242. The molecule has 4 heterocycles. The van der Waals surface area contributed by atoms with Crippen LogP contribution in [-0.4, -0.2) is 14.5 Å². The topological polar surface area (TPSA) is 53.1 Å². The van der Waals surface area contributed by atoms with Crippen molar-refractivity contribution in [3.05, 3.63) is 116 Å². The van der Waals surface area contributed by atoms with E-state index in [1.165, 1.54) is 0 Å². The molecule has 0 bridgehead atoms. The van der Waals surface area contributed by atoms with Gasteiger partial charge in [-0.3, -0.25) is 4.98 Å². The quantitative estimate of drug-likeness (QED) is 0.179. The molecule has 0 aliphatic carbocycles. The molecule has 0 atom stereocenters. The zero-order valence-electron chi connectivity index (χ0n) is 19.8. The van der Waals surface area contributed by atoms with E-state index in [1.807, 2.05) is 72.8 Å². The van der Waals surface area contributed by atoms with Crippen molar-refractivity contribution in [1.82, 2.24) is 14.5 Å². The van der Waals surface area contributed by atoms with Crippen molar-refractivity contribution in [2.24, 2.45) is 0 Å². The van der Waals surface area contributed by atoms with Gasteiger partial charge in [-0.25, -0.2) is 4.98 Å². The monoisotopic (exact) mass is 670 g/mol. The number of rotatable bonds is 3. The van der Waals surface area contributed by atoms with E-state index in [0.29, 0.717) is 11.5 Å². The van der Waals surface area contributed by atoms with Gasteiger partial charge in [-0.15, -0.1) is 40.4 Å². The van der Waals surface area contributed by atoms with Gasteiger partial charge in [-0.1, -0.05) is 41.9 Å². The molecule has 0 aliphatic heterocycles. The standard InChI is InChI=1S/C32H17N3O2.Pt/c1-2-7-26-23(6-1)24-14-13-22(19-27(24)35(26)30-9-3-4-16-33-30)36-21-12-10-20-11-15-28-31(25(20)18-21)32-29(37-28)8-5-17-34-32;/h1-17H;/q-2;+2. The summed E-state index contributed by atoms with van der Waals surface area (Å²) < 4.78 is 14.5. The maximum atomic E-state index is 6.32. The molecule has 0 saturated carbocycles. The molecule has 6 heteroatoms. The first kappa shape index (κ1) is 22.7. The summed E-state index contributed by atoms with van der Waals surface area (Å²) in [7, 11) is 0. The summed E-state index contributed by atoms with van der Waals surface area (Å²) in [6.45, 7) is 0. The van der Waals surface area contributed by atoms with E-state index in [9.17, 15) is 0 Å². The Morgan fingerprint density at radius 3 is 2.42 bits per heavy atom. The van der Waals surface area contributed by atoms with Gasteiger partial charge in [0.25, 0.3) is 0 Å². The molecule has 182 valence electrons. The number of pyridine rings is 2. The average molecular weight is 671 g/mol. The summed E-state index contributed by atoms with van der Waals surface area (Å²) in [6, 6.07) is 37.0. The van der Waals surface area contributed by atoms with Crippen molar-refractivity contribution in [2.45, 2.75) is 0 Å². The first-order valence-electron chi connectivity index (χ1n) is 12.0. The van der Waals surface area contributed by atoms with E-state index in [2.05, 4.69) is 44.9 Å². The summed E-state index contributed by atoms with van der Waals surface area (Å²) in [4.78, 5) is 9.16. The van der Waals surface area contributed by atoms with Crippen LogP contribution in [0, 0.1) is 12.1 Å². The van der Waals surface area contributed by atoms with E-state index >= 15 is 0 Å². The molecule has 5 nitrogen and oxygen atoms in total. The Hall–Kier alpha value is -4.47.